The second kappa shape index (κ2) is 4.87. The number of hydrogen-bond donors (Lipinski definition) is 5. The van der Waals surface area contributed by atoms with E-state index in [0.29, 0.717) is 0 Å². The number of carboxylic acid groups (broad SMARTS) is 1. The van der Waals surface area contributed by atoms with Crippen LogP contribution in [0.2, 0.25) is 0 Å². The summed E-state index contributed by atoms with van der Waals surface area (Å²) >= 11 is 0. The fourth-order valence-electron chi connectivity index (χ4n) is 0.603. The summed E-state index contributed by atoms with van der Waals surface area (Å²) in [6.45, 7) is -1.04. The first-order valence-electron chi connectivity index (χ1n) is 3.32. The quantitative estimate of drug-likeness (QED) is 0.309. The third-order valence-electron chi connectivity index (χ3n) is 1.39. The third kappa shape index (κ3) is 3.07. The molecule has 0 aliphatic rings. The molecule has 0 rings (SSSR count). The number of carbonyl (C=O) groups is 2. The van der Waals surface area contributed by atoms with Crippen molar-refractivity contribution in [2.45, 2.75) is 18.3 Å². The van der Waals surface area contributed by atoms with Crippen molar-refractivity contribution in [2.75, 3.05) is 6.61 Å². The normalized spacial score (nSPS) is 17.5. The summed E-state index contributed by atoms with van der Waals surface area (Å²) in [7, 11) is 0. The van der Waals surface area contributed by atoms with Gasteiger partial charge in [0.25, 0.3) is 0 Å². The Balaban J connectivity index is 4.32. The van der Waals surface area contributed by atoms with Gasteiger partial charge < -0.3 is 25.5 Å². The molecule has 0 aliphatic heterocycles. The van der Waals surface area contributed by atoms with Gasteiger partial charge in [0.1, 0.15) is 18.8 Å². The predicted molar refractivity (Wildman–Crippen MR) is 37.7 cm³/mol. The lowest BCUT2D eigenvalue weighted by atomic mass is 10.1. The van der Waals surface area contributed by atoms with Crippen molar-refractivity contribution >= 4 is 11.8 Å². The van der Waals surface area contributed by atoms with Gasteiger partial charge in [-0.3, -0.25) is 4.79 Å². The maximum Gasteiger partial charge on any atom is 0.335 e. The SMILES string of the molecule is O=C(O)[C@@H](O)[C@H](O)[C@@H](O)C(=O)CO. The van der Waals surface area contributed by atoms with Crippen LogP contribution in [0.3, 0.4) is 0 Å². The number of aliphatic carboxylic acids is 1. The van der Waals surface area contributed by atoms with Crippen LogP contribution < -0.4 is 0 Å². The summed E-state index contributed by atoms with van der Waals surface area (Å²) in [6, 6.07) is 0. The predicted octanol–water partition coefficient (Wildman–Crippen LogP) is -3.28. The zero-order valence-corrected chi connectivity index (χ0v) is 6.49. The van der Waals surface area contributed by atoms with Gasteiger partial charge in [0.05, 0.1) is 0 Å². The van der Waals surface area contributed by atoms with E-state index >= 15 is 0 Å². The smallest absolute Gasteiger partial charge is 0.335 e. The summed E-state index contributed by atoms with van der Waals surface area (Å²) in [5.74, 6) is -2.93. The van der Waals surface area contributed by atoms with E-state index in [1.165, 1.54) is 0 Å². The number of rotatable bonds is 5. The number of aliphatic hydroxyl groups is 4. The van der Waals surface area contributed by atoms with Crippen molar-refractivity contribution in [3.63, 3.8) is 0 Å². The molecule has 7 nitrogen and oxygen atoms in total. The van der Waals surface area contributed by atoms with Gasteiger partial charge in [-0.15, -0.1) is 0 Å². The standard InChI is InChI=1S/C6H10O7/c7-1-2(8)3(9)4(10)5(11)6(12)13/h3-5,7,9-11H,1H2,(H,12,13)/t3-,4+,5-/m0/s1. The Kier molecular flexibility index (Phi) is 4.49. The van der Waals surface area contributed by atoms with Gasteiger partial charge in [0, 0.05) is 0 Å². The first kappa shape index (κ1) is 12.0. The van der Waals surface area contributed by atoms with E-state index in [4.69, 9.17) is 25.5 Å². The molecule has 0 radical (unpaired) electrons. The molecule has 0 bridgehead atoms. The monoisotopic (exact) mass is 194 g/mol. The van der Waals surface area contributed by atoms with Gasteiger partial charge >= 0.3 is 5.97 Å². The lowest BCUT2D eigenvalue weighted by Gasteiger charge is -2.17. The average molecular weight is 194 g/mol. The molecule has 0 unspecified atom stereocenters. The molecular formula is C6H10O7. The molecule has 0 aliphatic carbocycles. The summed E-state index contributed by atoms with van der Waals surface area (Å²) in [6.07, 6.45) is -6.50. The highest BCUT2D eigenvalue weighted by Gasteiger charge is 2.33. The number of carboxylic acids is 1. The van der Waals surface area contributed by atoms with Crippen molar-refractivity contribution in [3.05, 3.63) is 0 Å². The highest BCUT2D eigenvalue weighted by atomic mass is 16.4. The highest BCUT2D eigenvalue weighted by Crippen LogP contribution is 2.01. The molecule has 7 heteroatoms. The van der Waals surface area contributed by atoms with Gasteiger partial charge in [-0.05, 0) is 0 Å². The molecular weight excluding hydrogens is 184 g/mol. The zero-order chi connectivity index (χ0) is 10.6. The maximum absolute atomic E-state index is 10.5. The molecule has 0 saturated carbocycles. The first-order chi connectivity index (χ1) is 5.91. The minimum atomic E-state index is -2.26. The molecule has 0 heterocycles. The highest BCUT2D eigenvalue weighted by molar-refractivity contribution is 5.85. The second-order valence-corrected chi connectivity index (χ2v) is 2.34. The minimum Gasteiger partial charge on any atom is -0.479 e. The third-order valence-corrected chi connectivity index (χ3v) is 1.39. The van der Waals surface area contributed by atoms with E-state index in [0.717, 1.165) is 0 Å². The Morgan fingerprint density at radius 1 is 1.08 bits per heavy atom. The average Bonchev–Trinajstić information content (AvgIpc) is 2.12. The molecule has 0 aromatic carbocycles. The molecule has 13 heavy (non-hydrogen) atoms. The van der Waals surface area contributed by atoms with Crippen molar-refractivity contribution in [1.29, 1.82) is 0 Å². The summed E-state index contributed by atoms with van der Waals surface area (Å²) in [5, 5.41) is 42.7. The second-order valence-electron chi connectivity index (χ2n) is 2.34. The first-order valence-corrected chi connectivity index (χ1v) is 3.32. The topological polar surface area (TPSA) is 135 Å². The van der Waals surface area contributed by atoms with Crippen molar-refractivity contribution < 1.29 is 35.1 Å². The van der Waals surface area contributed by atoms with Crippen LogP contribution in [0.15, 0.2) is 0 Å². The van der Waals surface area contributed by atoms with Crippen molar-refractivity contribution in [2.24, 2.45) is 0 Å². The van der Waals surface area contributed by atoms with Crippen LogP contribution in [0.25, 0.3) is 0 Å². The molecule has 3 atom stereocenters. The van der Waals surface area contributed by atoms with Gasteiger partial charge in [0.2, 0.25) is 0 Å². The largest absolute Gasteiger partial charge is 0.479 e. The molecule has 0 saturated heterocycles. The van der Waals surface area contributed by atoms with Gasteiger partial charge in [0.15, 0.2) is 11.9 Å². The Bertz CT molecular complexity index is 201. The van der Waals surface area contributed by atoms with E-state index in [9.17, 15) is 9.59 Å². The van der Waals surface area contributed by atoms with Crippen LogP contribution in [0.5, 0.6) is 0 Å². The molecule has 0 fully saturated rings. The van der Waals surface area contributed by atoms with E-state index in [2.05, 4.69) is 0 Å². The summed E-state index contributed by atoms with van der Waals surface area (Å²) < 4.78 is 0. The fraction of sp³-hybridized carbons (Fsp3) is 0.667. The van der Waals surface area contributed by atoms with Gasteiger partial charge in [-0.1, -0.05) is 0 Å². The number of Topliss-reactive ketones (excluding diaryl/α,β-unsaturated/α-hetero) is 1. The van der Waals surface area contributed by atoms with E-state index in [1.807, 2.05) is 0 Å². The molecule has 0 aromatic rings. The maximum atomic E-state index is 10.5. The fourth-order valence-corrected chi connectivity index (χ4v) is 0.603. The lowest BCUT2D eigenvalue weighted by molar-refractivity contribution is -0.161. The Morgan fingerprint density at radius 3 is 1.85 bits per heavy atom. The van der Waals surface area contributed by atoms with E-state index in [-0.39, 0.29) is 0 Å². The van der Waals surface area contributed by atoms with Crippen molar-refractivity contribution in [3.8, 4) is 0 Å². The zero-order valence-electron chi connectivity index (χ0n) is 6.49. The minimum absolute atomic E-state index is 1.04. The lowest BCUT2D eigenvalue weighted by Crippen LogP contribution is -2.46. The molecule has 76 valence electrons. The summed E-state index contributed by atoms with van der Waals surface area (Å²) in [5.41, 5.74) is 0. The summed E-state index contributed by atoms with van der Waals surface area (Å²) in [4.78, 5) is 20.6. The van der Waals surface area contributed by atoms with Crippen LogP contribution in [0.4, 0.5) is 0 Å². The number of aliphatic hydroxyl groups excluding tert-OH is 4. The van der Waals surface area contributed by atoms with Crippen LogP contribution in [-0.2, 0) is 9.59 Å². The van der Waals surface area contributed by atoms with Crippen LogP contribution >= 0.6 is 0 Å². The van der Waals surface area contributed by atoms with Crippen LogP contribution in [-0.4, -0.2) is 62.2 Å². The number of carbonyl (C=O) groups excluding carboxylic acids is 1. The Hall–Kier alpha value is -1.02. The molecule has 5 N–H and O–H groups in total. The molecule has 0 amide bonds. The van der Waals surface area contributed by atoms with E-state index < -0.39 is 36.7 Å². The number of ketones is 1. The van der Waals surface area contributed by atoms with Crippen molar-refractivity contribution in [1.82, 2.24) is 0 Å². The molecule has 0 spiro atoms. The number of hydrogen-bond acceptors (Lipinski definition) is 6. The van der Waals surface area contributed by atoms with Gasteiger partial charge in [-0.2, -0.15) is 0 Å². The Labute approximate surface area is 72.9 Å². The molecule has 0 aromatic heterocycles. The Morgan fingerprint density at radius 2 is 1.54 bits per heavy atom. The van der Waals surface area contributed by atoms with Crippen LogP contribution in [0.1, 0.15) is 0 Å². The van der Waals surface area contributed by atoms with Gasteiger partial charge in [-0.25, -0.2) is 4.79 Å². The van der Waals surface area contributed by atoms with Crippen LogP contribution in [0, 0.1) is 0 Å². The van der Waals surface area contributed by atoms with E-state index in [1.54, 1.807) is 0 Å².